The Labute approximate surface area is 39.9 Å². The summed E-state index contributed by atoms with van der Waals surface area (Å²) in [7, 11) is 0. The van der Waals surface area contributed by atoms with Gasteiger partial charge < -0.3 is 0 Å². The van der Waals surface area contributed by atoms with Gasteiger partial charge in [0.25, 0.3) is 0 Å². The highest BCUT2D eigenvalue weighted by molar-refractivity contribution is 4.67. The van der Waals surface area contributed by atoms with E-state index in [0.717, 1.165) is 0 Å². The molecule has 1 rings (SSSR count). The molecule has 2 atom stereocenters. The number of nitrogens with one attached hydrogen (secondary N) is 2. The van der Waals surface area contributed by atoms with Crippen LogP contribution in [0.1, 0.15) is 0 Å². The molecule has 1 aliphatic heterocycles. The topological polar surface area (TPSA) is 24.1 Å². The lowest BCUT2D eigenvalue weighted by molar-refractivity contribution is 0.233. The third-order valence-corrected chi connectivity index (χ3v) is 0.803. The lowest BCUT2D eigenvalue weighted by Gasteiger charge is -1.94. The first-order valence-corrected chi connectivity index (χ1v) is 2.06. The highest BCUT2D eigenvalue weighted by Gasteiger charge is 2.20. The first-order chi connectivity index (χ1) is 3.29. The molecule has 0 radical (unpaired) electrons. The summed E-state index contributed by atoms with van der Waals surface area (Å²) in [6, 6.07) is 0. The second-order valence-electron chi connectivity index (χ2n) is 1.41. The van der Waals surface area contributed by atoms with Gasteiger partial charge in [0.05, 0.1) is 0 Å². The molecule has 0 aromatic carbocycles. The van der Waals surface area contributed by atoms with Crippen molar-refractivity contribution >= 4 is 0 Å². The zero-order chi connectivity index (χ0) is 5.28. The number of hydrogen-bond acceptors (Lipinski definition) is 2. The van der Waals surface area contributed by atoms with E-state index in [-0.39, 0.29) is 6.54 Å². The van der Waals surface area contributed by atoms with Crippen LogP contribution in [-0.4, -0.2) is 19.3 Å². The molecule has 0 aliphatic carbocycles. The van der Waals surface area contributed by atoms with E-state index < -0.39 is 12.7 Å². The number of halogens is 2. The molecule has 1 heterocycles. The van der Waals surface area contributed by atoms with Crippen molar-refractivity contribution in [3.8, 4) is 0 Å². The van der Waals surface area contributed by atoms with Crippen LogP contribution in [-0.2, 0) is 0 Å². The molecule has 2 N–H and O–H groups in total. The molecule has 2 nitrogen and oxygen atoms in total. The van der Waals surface area contributed by atoms with Crippen molar-refractivity contribution in [2.75, 3.05) is 6.54 Å². The number of rotatable bonds is 0. The zero-order valence-corrected chi connectivity index (χ0v) is 3.62. The van der Waals surface area contributed by atoms with E-state index in [1.807, 2.05) is 5.32 Å². The molecule has 0 aromatic heterocycles. The van der Waals surface area contributed by atoms with Gasteiger partial charge in [0.15, 0.2) is 6.30 Å². The molecule has 2 unspecified atom stereocenters. The Morgan fingerprint density at radius 1 is 1.43 bits per heavy atom. The number of hydrogen-bond donors (Lipinski definition) is 2. The van der Waals surface area contributed by atoms with E-state index in [4.69, 9.17) is 0 Å². The van der Waals surface area contributed by atoms with Crippen LogP contribution >= 0.6 is 0 Å². The third kappa shape index (κ3) is 1.07. The van der Waals surface area contributed by atoms with Crippen molar-refractivity contribution < 1.29 is 8.78 Å². The van der Waals surface area contributed by atoms with Gasteiger partial charge in [-0.3, -0.25) is 5.32 Å². The Morgan fingerprint density at radius 2 is 2.14 bits per heavy atom. The van der Waals surface area contributed by atoms with E-state index in [1.165, 1.54) is 0 Å². The number of alkyl halides is 2. The molecule has 4 heteroatoms. The van der Waals surface area contributed by atoms with Crippen LogP contribution in [0, 0.1) is 0 Å². The van der Waals surface area contributed by atoms with Crippen LogP contribution < -0.4 is 10.6 Å². The maximum atomic E-state index is 11.8. The van der Waals surface area contributed by atoms with Crippen LogP contribution in [0.4, 0.5) is 8.78 Å². The molecular weight excluding hydrogens is 102 g/mol. The van der Waals surface area contributed by atoms with E-state index >= 15 is 0 Å². The first kappa shape index (κ1) is 4.93. The molecule has 0 spiro atoms. The monoisotopic (exact) mass is 108 g/mol. The van der Waals surface area contributed by atoms with Crippen molar-refractivity contribution in [2.24, 2.45) is 0 Å². The van der Waals surface area contributed by atoms with Gasteiger partial charge >= 0.3 is 0 Å². The fourth-order valence-electron chi connectivity index (χ4n) is 0.484. The van der Waals surface area contributed by atoms with Gasteiger partial charge in [0, 0.05) is 6.54 Å². The molecule has 1 aliphatic rings. The minimum atomic E-state index is -1.35. The van der Waals surface area contributed by atoms with Crippen molar-refractivity contribution in [1.82, 2.24) is 10.6 Å². The van der Waals surface area contributed by atoms with Crippen molar-refractivity contribution in [3.63, 3.8) is 0 Å². The highest BCUT2D eigenvalue weighted by atomic mass is 19.2. The van der Waals surface area contributed by atoms with Gasteiger partial charge in [-0.15, -0.1) is 0 Å². The molecule has 0 bridgehead atoms. The van der Waals surface area contributed by atoms with E-state index in [2.05, 4.69) is 5.32 Å². The van der Waals surface area contributed by atoms with Gasteiger partial charge in [-0.1, -0.05) is 0 Å². The minimum absolute atomic E-state index is 0.0706. The van der Waals surface area contributed by atoms with Crippen molar-refractivity contribution in [1.29, 1.82) is 0 Å². The smallest absolute Gasteiger partial charge is 0.207 e. The van der Waals surface area contributed by atoms with Crippen molar-refractivity contribution in [3.05, 3.63) is 0 Å². The van der Waals surface area contributed by atoms with E-state index in [0.29, 0.717) is 0 Å². The quantitative estimate of drug-likeness (QED) is 0.417. The Morgan fingerprint density at radius 3 is 2.29 bits per heavy atom. The van der Waals surface area contributed by atoms with Crippen LogP contribution in [0.25, 0.3) is 0 Å². The highest BCUT2D eigenvalue weighted by Crippen LogP contribution is 1.94. The standard InChI is InChI=1S/C3H6F2N2/c4-2-1-6-3(5)7-2/h2-3,6-7H,1H2. The summed E-state index contributed by atoms with van der Waals surface area (Å²) in [5, 5.41) is 4.19. The summed E-state index contributed by atoms with van der Waals surface area (Å²) in [5.41, 5.74) is 0. The average molecular weight is 108 g/mol. The SMILES string of the molecule is FC1CNC(F)N1. The van der Waals surface area contributed by atoms with Gasteiger partial charge in [0.1, 0.15) is 0 Å². The van der Waals surface area contributed by atoms with Gasteiger partial charge in [-0.05, 0) is 0 Å². The normalized spacial score (nSPS) is 42.0. The molecular formula is C3H6F2N2. The fourth-order valence-corrected chi connectivity index (χ4v) is 0.484. The second kappa shape index (κ2) is 1.71. The predicted molar refractivity (Wildman–Crippen MR) is 20.9 cm³/mol. The largest absolute Gasteiger partial charge is 0.271 e. The first-order valence-electron chi connectivity index (χ1n) is 2.06. The fraction of sp³-hybridized carbons (Fsp3) is 1.00. The van der Waals surface area contributed by atoms with Gasteiger partial charge in [-0.2, -0.15) is 0 Å². The van der Waals surface area contributed by atoms with E-state index in [1.54, 1.807) is 0 Å². The lowest BCUT2D eigenvalue weighted by atomic mass is 10.7. The van der Waals surface area contributed by atoms with Crippen LogP contribution in [0.5, 0.6) is 0 Å². The Bertz CT molecular complexity index is 60.0. The Balaban J connectivity index is 2.26. The molecule has 7 heavy (non-hydrogen) atoms. The molecule has 0 saturated carbocycles. The minimum Gasteiger partial charge on any atom is -0.271 e. The molecule has 1 fully saturated rings. The summed E-state index contributed by atoms with van der Waals surface area (Å²) in [5.74, 6) is 0. The second-order valence-corrected chi connectivity index (χ2v) is 1.41. The average Bonchev–Trinajstić information content (AvgIpc) is 1.87. The summed E-state index contributed by atoms with van der Waals surface area (Å²) < 4.78 is 23.5. The third-order valence-electron chi connectivity index (χ3n) is 0.803. The summed E-state index contributed by atoms with van der Waals surface area (Å²) >= 11 is 0. The summed E-state index contributed by atoms with van der Waals surface area (Å²) in [6.45, 7) is 0.0706. The van der Waals surface area contributed by atoms with Crippen LogP contribution in [0.2, 0.25) is 0 Å². The van der Waals surface area contributed by atoms with Crippen molar-refractivity contribution in [2.45, 2.75) is 12.7 Å². The molecule has 42 valence electrons. The molecule has 1 saturated heterocycles. The van der Waals surface area contributed by atoms with Gasteiger partial charge in [-0.25, -0.2) is 14.1 Å². The lowest BCUT2D eigenvalue weighted by Crippen LogP contribution is -2.26. The van der Waals surface area contributed by atoms with Crippen LogP contribution in [0.15, 0.2) is 0 Å². The zero-order valence-electron chi connectivity index (χ0n) is 3.62. The molecule has 0 aromatic rings. The van der Waals surface area contributed by atoms with E-state index in [9.17, 15) is 8.78 Å². The van der Waals surface area contributed by atoms with Crippen LogP contribution in [0.3, 0.4) is 0 Å². The van der Waals surface area contributed by atoms with Gasteiger partial charge in [0.2, 0.25) is 6.42 Å². The Hall–Kier alpha value is -0.220. The summed E-state index contributed by atoms with van der Waals surface area (Å²) in [6.07, 6.45) is -2.56. The Kier molecular flexibility index (Phi) is 1.21. The maximum absolute atomic E-state index is 11.8. The predicted octanol–water partition coefficient (Wildman–Crippen LogP) is -0.272. The molecule has 0 amide bonds. The summed E-state index contributed by atoms with van der Waals surface area (Å²) in [4.78, 5) is 0. The maximum Gasteiger partial charge on any atom is 0.207 e.